The highest BCUT2D eigenvalue weighted by molar-refractivity contribution is 7.91. The zero-order valence-electron chi connectivity index (χ0n) is 10.7. The Morgan fingerprint density at radius 2 is 1.81 bits per heavy atom. The van der Waals surface area contributed by atoms with E-state index in [9.17, 15) is 22.9 Å². The van der Waals surface area contributed by atoms with Crippen molar-refractivity contribution in [3.8, 4) is 0 Å². The van der Waals surface area contributed by atoms with Gasteiger partial charge in [-0.15, -0.1) is 0 Å². The van der Waals surface area contributed by atoms with Crippen LogP contribution in [-0.4, -0.2) is 13.3 Å². The Hall–Kier alpha value is -2.48. The van der Waals surface area contributed by atoms with Crippen molar-refractivity contribution in [2.75, 3.05) is 4.72 Å². The number of anilines is 1. The molecule has 2 aromatic rings. The predicted molar refractivity (Wildman–Crippen MR) is 75.7 cm³/mol. The molecule has 0 unspecified atom stereocenters. The molecule has 1 N–H and O–H groups in total. The summed E-state index contributed by atoms with van der Waals surface area (Å²) >= 11 is 0. The van der Waals surface area contributed by atoms with Gasteiger partial charge in [0, 0.05) is 6.07 Å². The minimum atomic E-state index is -3.74. The molecule has 110 valence electrons. The number of hydrogen-bond acceptors (Lipinski definition) is 4. The molecule has 0 saturated carbocycles. The number of halogens is 1. The Bertz CT molecular complexity index is 763. The zero-order valence-corrected chi connectivity index (χ0v) is 11.5. The van der Waals surface area contributed by atoms with Crippen molar-refractivity contribution in [3.63, 3.8) is 0 Å². The number of hydrogen-bond donors (Lipinski definition) is 1. The second-order valence-corrected chi connectivity index (χ2v) is 5.99. The summed E-state index contributed by atoms with van der Waals surface area (Å²) in [5.74, 6) is -1.30. The summed E-state index contributed by atoms with van der Waals surface area (Å²) < 4.78 is 39.3. The topological polar surface area (TPSA) is 89.3 Å². The van der Waals surface area contributed by atoms with E-state index in [1.807, 2.05) is 0 Å². The molecule has 21 heavy (non-hydrogen) atoms. The normalized spacial score (nSPS) is 11.1. The number of nitrogens with zero attached hydrogens (tertiary/aromatic N) is 1. The Labute approximate surface area is 120 Å². The van der Waals surface area contributed by atoms with Crippen LogP contribution in [0, 0.1) is 15.9 Å². The first kappa shape index (κ1) is 14.9. The zero-order chi connectivity index (χ0) is 15.5. The van der Waals surface area contributed by atoms with Crippen LogP contribution in [0.15, 0.2) is 48.5 Å². The van der Waals surface area contributed by atoms with E-state index < -0.39 is 26.5 Å². The van der Waals surface area contributed by atoms with Crippen LogP contribution in [0.4, 0.5) is 15.8 Å². The van der Waals surface area contributed by atoms with E-state index in [0.717, 1.165) is 18.2 Å². The van der Waals surface area contributed by atoms with Gasteiger partial charge in [0.1, 0.15) is 0 Å². The summed E-state index contributed by atoms with van der Waals surface area (Å²) in [4.78, 5) is 9.71. The fourth-order valence-corrected chi connectivity index (χ4v) is 2.91. The molecule has 0 saturated heterocycles. The predicted octanol–water partition coefficient (Wildman–Crippen LogP) is 2.68. The molecule has 0 bridgehead atoms. The number of benzene rings is 2. The summed E-state index contributed by atoms with van der Waals surface area (Å²) in [7, 11) is -3.74. The third kappa shape index (κ3) is 3.99. The number of nitro benzene ring substituents is 1. The summed E-state index contributed by atoms with van der Waals surface area (Å²) in [5.41, 5.74) is -0.268. The van der Waals surface area contributed by atoms with Crippen molar-refractivity contribution in [2.45, 2.75) is 5.75 Å². The molecule has 0 atom stereocenters. The van der Waals surface area contributed by atoms with Gasteiger partial charge in [-0.3, -0.25) is 14.8 Å². The third-order valence-corrected chi connectivity index (χ3v) is 3.88. The monoisotopic (exact) mass is 310 g/mol. The second kappa shape index (κ2) is 5.88. The highest BCUT2D eigenvalue weighted by Crippen LogP contribution is 2.22. The quantitative estimate of drug-likeness (QED) is 0.679. The minimum Gasteiger partial charge on any atom is -0.283 e. The minimum absolute atomic E-state index is 0.0565. The van der Waals surface area contributed by atoms with Gasteiger partial charge in [0.2, 0.25) is 15.8 Å². The molecule has 0 aliphatic carbocycles. The maximum absolute atomic E-state index is 13.2. The molecule has 0 spiro atoms. The maximum Gasteiger partial charge on any atom is 0.306 e. The van der Waals surface area contributed by atoms with E-state index in [1.54, 1.807) is 30.3 Å². The Morgan fingerprint density at radius 1 is 1.14 bits per heavy atom. The molecule has 0 fully saturated rings. The summed E-state index contributed by atoms with van der Waals surface area (Å²) in [6.45, 7) is 0. The van der Waals surface area contributed by atoms with Gasteiger partial charge in [-0.1, -0.05) is 30.3 Å². The fourth-order valence-electron chi connectivity index (χ4n) is 1.73. The van der Waals surface area contributed by atoms with Crippen LogP contribution >= 0.6 is 0 Å². The van der Waals surface area contributed by atoms with E-state index in [2.05, 4.69) is 4.72 Å². The van der Waals surface area contributed by atoms with Crippen molar-refractivity contribution in [1.82, 2.24) is 0 Å². The molecule has 0 amide bonds. The average molecular weight is 310 g/mol. The summed E-state index contributed by atoms with van der Waals surface area (Å²) in [5, 5.41) is 10.6. The average Bonchev–Trinajstić information content (AvgIpc) is 2.41. The molecule has 0 radical (unpaired) electrons. The highest BCUT2D eigenvalue weighted by atomic mass is 32.2. The SMILES string of the molecule is O=[N+]([O-])c1cc(NS(=O)(=O)Cc2ccccc2)ccc1F. The van der Waals surface area contributed by atoms with Crippen molar-refractivity contribution < 1.29 is 17.7 Å². The molecular weight excluding hydrogens is 299 g/mol. The lowest BCUT2D eigenvalue weighted by Crippen LogP contribution is -2.15. The molecule has 0 aliphatic rings. The Kier molecular flexibility index (Phi) is 4.18. The molecular formula is C13H11FN2O4S. The lowest BCUT2D eigenvalue weighted by atomic mass is 10.2. The molecule has 0 aliphatic heterocycles. The van der Waals surface area contributed by atoms with Crippen LogP contribution in [-0.2, 0) is 15.8 Å². The third-order valence-electron chi connectivity index (χ3n) is 2.62. The summed E-state index contributed by atoms with van der Waals surface area (Å²) in [6, 6.07) is 11.3. The fraction of sp³-hybridized carbons (Fsp3) is 0.0769. The molecule has 0 aromatic heterocycles. The van der Waals surface area contributed by atoms with Crippen LogP contribution in [0.3, 0.4) is 0 Å². The number of sulfonamides is 1. The first-order valence-corrected chi connectivity index (χ1v) is 7.51. The van der Waals surface area contributed by atoms with Crippen LogP contribution in [0.1, 0.15) is 5.56 Å². The lowest BCUT2D eigenvalue weighted by molar-refractivity contribution is -0.387. The maximum atomic E-state index is 13.2. The number of rotatable bonds is 5. The van der Waals surface area contributed by atoms with E-state index in [-0.39, 0.29) is 11.4 Å². The van der Waals surface area contributed by atoms with Gasteiger partial charge < -0.3 is 0 Å². The van der Waals surface area contributed by atoms with Crippen LogP contribution < -0.4 is 4.72 Å². The van der Waals surface area contributed by atoms with Gasteiger partial charge in [-0.25, -0.2) is 8.42 Å². The van der Waals surface area contributed by atoms with Gasteiger partial charge in [-0.2, -0.15) is 4.39 Å². The van der Waals surface area contributed by atoms with Crippen molar-refractivity contribution in [2.24, 2.45) is 0 Å². The molecule has 0 heterocycles. The molecule has 2 rings (SSSR count). The number of nitro groups is 1. The van der Waals surface area contributed by atoms with Gasteiger partial charge in [0.25, 0.3) is 0 Å². The van der Waals surface area contributed by atoms with Gasteiger partial charge in [0.15, 0.2) is 0 Å². The largest absolute Gasteiger partial charge is 0.306 e. The molecule has 8 heteroatoms. The van der Waals surface area contributed by atoms with Crippen molar-refractivity contribution in [1.29, 1.82) is 0 Å². The van der Waals surface area contributed by atoms with Crippen LogP contribution in [0.2, 0.25) is 0 Å². The molecule has 2 aromatic carbocycles. The van der Waals surface area contributed by atoms with Crippen molar-refractivity contribution >= 4 is 21.4 Å². The standard InChI is InChI=1S/C13H11FN2O4S/c14-12-7-6-11(8-13(12)16(17)18)15-21(19,20)9-10-4-2-1-3-5-10/h1-8,15H,9H2. The molecule has 6 nitrogen and oxygen atoms in total. The van der Waals surface area contributed by atoms with E-state index in [0.29, 0.717) is 5.56 Å². The number of nitrogens with one attached hydrogen (secondary N) is 1. The second-order valence-electron chi connectivity index (χ2n) is 4.27. The van der Waals surface area contributed by atoms with Crippen molar-refractivity contribution in [3.05, 3.63) is 70.0 Å². The van der Waals surface area contributed by atoms with Gasteiger partial charge in [0.05, 0.1) is 16.4 Å². The van der Waals surface area contributed by atoms with Crippen LogP contribution in [0.25, 0.3) is 0 Å². The Morgan fingerprint density at radius 3 is 2.43 bits per heavy atom. The highest BCUT2D eigenvalue weighted by Gasteiger charge is 2.17. The summed E-state index contributed by atoms with van der Waals surface area (Å²) in [6.07, 6.45) is 0. The van der Waals surface area contributed by atoms with Gasteiger partial charge >= 0.3 is 5.69 Å². The first-order valence-electron chi connectivity index (χ1n) is 5.86. The lowest BCUT2D eigenvalue weighted by Gasteiger charge is -2.08. The smallest absolute Gasteiger partial charge is 0.283 e. The van der Waals surface area contributed by atoms with E-state index in [1.165, 1.54) is 0 Å². The first-order chi connectivity index (χ1) is 9.87. The van der Waals surface area contributed by atoms with Gasteiger partial charge in [-0.05, 0) is 17.7 Å². The van der Waals surface area contributed by atoms with E-state index >= 15 is 0 Å². The van der Waals surface area contributed by atoms with Crippen LogP contribution in [0.5, 0.6) is 0 Å². The van der Waals surface area contributed by atoms with E-state index in [4.69, 9.17) is 0 Å². The Balaban J connectivity index is 2.21.